The normalized spacial score (nSPS) is 13.2. The minimum absolute atomic E-state index is 0.233. The molecule has 1 aromatic carbocycles. The Morgan fingerprint density at radius 3 is 2.88 bits per heavy atom. The largest absolute Gasteiger partial charge is 0.348 e. The number of halogens is 2. The number of hydrogen-bond donors (Lipinski definition) is 2. The van der Waals surface area contributed by atoms with Gasteiger partial charge in [0, 0.05) is 0 Å². The van der Waals surface area contributed by atoms with E-state index in [0.717, 1.165) is 12.1 Å². The van der Waals surface area contributed by atoms with Gasteiger partial charge in [-0.3, -0.25) is 4.99 Å². The molecule has 0 aliphatic carbocycles. The van der Waals surface area contributed by atoms with Gasteiger partial charge in [-0.15, -0.1) is 0 Å². The lowest BCUT2D eigenvalue weighted by molar-refractivity contribution is 0.618. The maximum Gasteiger partial charge on any atom is 0.223 e. The van der Waals surface area contributed by atoms with Crippen LogP contribution in [0.5, 0.6) is 0 Å². The van der Waals surface area contributed by atoms with Gasteiger partial charge in [0.05, 0.1) is 41.1 Å². The van der Waals surface area contributed by atoms with E-state index in [1.807, 2.05) is 0 Å². The van der Waals surface area contributed by atoms with E-state index in [-0.39, 0.29) is 11.7 Å². The van der Waals surface area contributed by atoms with Crippen molar-refractivity contribution >= 4 is 35.2 Å². The van der Waals surface area contributed by atoms with Gasteiger partial charge >= 0.3 is 0 Å². The predicted octanol–water partition coefficient (Wildman–Crippen LogP) is 4.22. The van der Waals surface area contributed by atoms with Gasteiger partial charge in [-0.1, -0.05) is 25.4 Å². The fourth-order valence-electron chi connectivity index (χ4n) is 2.16. The highest BCUT2D eigenvalue weighted by Crippen LogP contribution is 2.24. The molecule has 0 saturated heterocycles. The highest BCUT2D eigenvalue weighted by molar-refractivity contribution is 6.32. The van der Waals surface area contributed by atoms with Gasteiger partial charge in [0.15, 0.2) is 0 Å². The average Bonchev–Trinajstić information content (AvgIpc) is 2.65. The maximum absolute atomic E-state index is 13.3. The molecule has 6 nitrogen and oxygen atoms in total. The summed E-state index contributed by atoms with van der Waals surface area (Å²) in [6.07, 6.45) is 4.02. The average molecular weight is 377 g/mol. The van der Waals surface area contributed by atoms with E-state index < -0.39 is 0 Å². The number of anilines is 1. The van der Waals surface area contributed by atoms with Crippen LogP contribution in [0.15, 0.2) is 34.5 Å². The number of aliphatic imine (C=N–C) groups is 1. The van der Waals surface area contributed by atoms with Crippen LogP contribution in [0, 0.1) is 12.7 Å². The van der Waals surface area contributed by atoms with E-state index in [4.69, 9.17) is 17.4 Å². The van der Waals surface area contributed by atoms with Crippen molar-refractivity contribution in [1.82, 2.24) is 9.97 Å². The SMILES string of the molecule is CCC(C)c1nc(NCC(C=Nc2ccc(F)c(C)c2)=NN)ncc1Cl. The van der Waals surface area contributed by atoms with Crippen LogP contribution in [0.3, 0.4) is 0 Å². The van der Waals surface area contributed by atoms with Gasteiger partial charge in [0.1, 0.15) is 5.82 Å². The van der Waals surface area contributed by atoms with Crippen LogP contribution in [-0.4, -0.2) is 28.4 Å². The van der Waals surface area contributed by atoms with E-state index in [2.05, 4.69) is 39.2 Å². The fraction of sp³-hybridized carbons (Fsp3) is 0.333. The quantitative estimate of drug-likeness (QED) is 0.430. The lowest BCUT2D eigenvalue weighted by Crippen LogP contribution is -2.18. The monoisotopic (exact) mass is 376 g/mol. The number of aryl methyl sites for hydroxylation is 1. The van der Waals surface area contributed by atoms with Gasteiger partial charge in [-0.25, -0.2) is 14.4 Å². The molecular formula is C18H22ClFN6. The van der Waals surface area contributed by atoms with Crippen LogP contribution in [0.4, 0.5) is 16.0 Å². The van der Waals surface area contributed by atoms with Gasteiger partial charge in [0.25, 0.3) is 0 Å². The Morgan fingerprint density at radius 1 is 1.46 bits per heavy atom. The van der Waals surface area contributed by atoms with Crippen molar-refractivity contribution < 1.29 is 4.39 Å². The van der Waals surface area contributed by atoms with Crippen LogP contribution in [0.25, 0.3) is 0 Å². The summed E-state index contributed by atoms with van der Waals surface area (Å²) in [7, 11) is 0. The lowest BCUT2D eigenvalue weighted by atomic mass is 10.1. The van der Waals surface area contributed by atoms with Gasteiger partial charge in [-0.05, 0) is 43.0 Å². The first-order valence-electron chi connectivity index (χ1n) is 8.27. The summed E-state index contributed by atoms with van der Waals surface area (Å²) in [5.74, 6) is 5.82. The van der Waals surface area contributed by atoms with Crippen LogP contribution in [-0.2, 0) is 0 Å². The summed E-state index contributed by atoms with van der Waals surface area (Å²) in [5.41, 5.74) is 2.44. The molecule has 1 atom stereocenters. The number of nitrogens with zero attached hydrogens (tertiary/aromatic N) is 4. The first-order valence-corrected chi connectivity index (χ1v) is 8.65. The zero-order chi connectivity index (χ0) is 19.1. The second-order valence-electron chi connectivity index (χ2n) is 5.90. The molecule has 1 unspecified atom stereocenters. The highest BCUT2D eigenvalue weighted by atomic mass is 35.5. The molecule has 0 bridgehead atoms. The first-order chi connectivity index (χ1) is 12.4. The van der Waals surface area contributed by atoms with Crippen molar-refractivity contribution in [2.24, 2.45) is 15.9 Å². The Kier molecular flexibility index (Phi) is 7.03. The molecular weight excluding hydrogens is 355 g/mol. The topological polar surface area (TPSA) is 88.5 Å². The molecule has 2 aromatic rings. The molecule has 1 aromatic heterocycles. The van der Waals surface area contributed by atoms with Gasteiger partial charge in [-0.2, -0.15) is 5.10 Å². The summed E-state index contributed by atoms with van der Waals surface area (Å²) < 4.78 is 13.3. The third kappa shape index (κ3) is 5.23. The van der Waals surface area contributed by atoms with Crippen molar-refractivity contribution in [1.29, 1.82) is 0 Å². The Hall–Kier alpha value is -2.54. The van der Waals surface area contributed by atoms with E-state index in [1.165, 1.54) is 12.3 Å². The Labute approximate surface area is 157 Å². The fourth-order valence-corrected chi connectivity index (χ4v) is 2.43. The van der Waals surface area contributed by atoms with Crippen molar-refractivity contribution in [2.45, 2.75) is 33.1 Å². The number of rotatable bonds is 7. The Balaban J connectivity index is 2.05. The number of aromatic nitrogens is 2. The van der Waals surface area contributed by atoms with Crippen molar-refractivity contribution in [2.75, 3.05) is 11.9 Å². The number of nitrogens with two attached hydrogens (primary N) is 1. The van der Waals surface area contributed by atoms with E-state index in [0.29, 0.717) is 34.5 Å². The molecule has 0 spiro atoms. The van der Waals surface area contributed by atoms with Crippen LogP contribution >= 0.6 is 11.6 Å². The summed E-state index contributed by atoms with van der Waals surface area (Å²) >= 11 is 6.16. The van der Waals surface area contributed by atoms with Gasteiger partial charge < -0.3 is 11.2 Å². The zero-order valence-corrected chi connectivity index (χ0v) is 15.8. The summed E-state index contributed by atoms with van der Waals surface area (Å²) in [5, 5.41) is 7.30. The molecule has 0 fully saturated rings. The first kappa shape index (κ1) is 19.8. The lowest BCUT2D eigenvalue weighted by Gasteiger charge is -2.12. The van der Waals surface area contributed by atoms with Gasteiger partial charge in [0.2, 0.25) is 5.95 Å². The molecule has 8 heteroatoms. The van der Waals surface area contributed by atoms with E-state index >= 15 is 0 Å². The molecule has 138 valence electrons. The molecule has 2 rings (SSSR count). The smallest absolute Gasteiger partial charge is 0.223 e. The number of benzene rings is 1. The molecule has 0 saturated carbocycles. The number of hydrazone groups is 1. The molecule has 0 amide bonds. The van der Waals surface area contributed by atoms with Crippen LogP contribution < -0.4 is 11.2 Å². The Morgan fingerprint density at radius 2 is 2.23 bits per heavy atom. The predicted molar refractivity (Wildman–Crippen MR) is 105 cm³/mol. The molecule has 0 radical (unpaired) electrons. The third-order valence-corrected chi connectivity index (χ3v) is 4.24. The second kappa shape index (κ2) is 9.24. The van der Waals surface area contributed by atoms with Crippen molar-refractivity contribution in [3.8, 4) is 0 Å². The Bertz CT molecular complexity index is 821. The molecule has 0 aliphatic heterocycles. The summed E-state index contributed by atoms with van der Waals surface area (Å²) in [6, 6.07) is 4.60. The maximum atomic E-state index is 13.3. The van der Waals surface area contributed by atoms with E-state index in [1.54, 1.807) is 25.3 Å². The van der Waals surface area contributed by atoms with Crippen molar-refractivity contribution in [3.05, 3.63) is 46.5 Å². The number of nitrogens with one attached hydrogen (secondary N) is 1. The van der Waals surface area contributed by atoms with E-state index in [9.17, 15) is 4.39 Å². The molecule has 1 heterocycles. The molecule has 0 aliphatic rings. The standard InChI is InChI=1S/C18H22ClFN6/c1-4-11(2)17-15(19)10-24-18(25-17)23-9-14(26-21)8-22-13-5-6-16(20)12(3)7-13/h5-8,10-11H,4,9,21H2,1-3H3,(H,23,24,25). The number of hydrogen-bond acceptors (Lipinski definition) is 6. The molecule has 26 heavy (non-hydrogen) atoms. The summed E-state index contributed by atoms with van der Waals surface area (Å²) in [4.78, 5) is 12.9. The van der Waals surface area contributed by atoms with Crippen LogP contribution in [0.1, 0.15) is 37.4 Å². The zero-order valence-electron chi connectivity index (χ0n) is 15.0. The molecule has 3 N–H and O–H groups in total. The van der Waals surface area contributed by atoms with Crippen LogP contribution in [0.2, 0.25) is 5.02 Å². The third-order valence-electron chi connectivity index (χ3n) is 3.95. The minimum atomic E-state index is -0.268. The highest BCUT2D eigenvalue weighted by Gasteiger charge is 2.11. The summed E-state index contributed by atoms with van der Waals surface area (Å²) in [6.45, 7) is 6.10. The second-order valence-corrected chi connectivity index (χ2v) is 6.31. The van der Waals surface area contributed by atoms with Crippen molar-refractivity contribution in [3.63, 3.8) is 0 Å². The minimum Gasteiger partial charge on any atom is -0.348 e.